The van der Waals surface area contributed by atoms with E-state index >= 15 is 0 Å². The molecule has 1 saturated carbocycles. The Kier molecular flexibility index (Phi) is 3.89. The van der Waals surface area contributed by atoms with Crippen LogP contribution in [0.15, 0.2) is 16.3 Å². The molecule has 6 nitrogen and oxygen atoms in total. The van der Waals surface area contributed by atoms with Crippen molar-refractivity contribution in [2.75, 3.05) is 0 Å². The molecule has 0 aromatic carbocycles. The molecule has 0 amide bonds. The highest BCUT2D eigenvalue weighted by Gasteiger charge is 2.36. The van der Waals surface area contributed by atoms with Gasteiger partial charge >= 0.3 is 5.97 Å². The Morgan fingerprint density at radius 3 is 2.74 bits per heavy atom. The van der Waals surface area contributed by atoms with E-state index in [0.717, 1.165) is 24.2 Å². The Balaban J connectivity index is 2.15. The number of nitrogens with one attached hydrogen (secondary N) is 1. The van der Waals surface area contributed by atoms with Crippen molar-refractivity contribution in [1.82, 2.24) is 4.72 Å². The molecular weight excluding hydrogens is 288 g/mol. The van der Waals surface area contributed by atoms with Gasteiger partial charge in [0, 0.05) is 6.04 Å². The molecule has 1 aliphatic carbocycles. The van der Waals surface area contributed by atoms with Crippen LogP contribution in [0.25, 0.3) is 0 Å². The fraction of sp³-hybridized carbons (Fsp3) is 0.455. The third-order valence-corrected chi connectivity index (χ3v) is 5.82. The summed E-state index contributed by atoms with van der Waals surface area (Å²) < 4.78 is 26.6. The van der Waals surface area contributed by atoms with Gasteiger partial charge in [-0.25, -0.2) is 13.1 Å². The number of hydrogen-bond acceptors (Lipinski definition) is 5. The van der Waals surface area contributed by atoms with Crippen molar-refractivity contribution in [2.24, 2.45) is 5.92 Å². The third kappa shape index (κ3) is 3.53. The molecule has 2 N–H and O–H groups in total. The molecule has 1 atom stereocenters. The van der Waals surface area contributed by atoms with E-state index in [-0.39, 0.29) is 16.5 Å². The molecule has 1 heterocycles. The minimum Gasteiger partial charge on any atom is -0.481 e. The number of rotatable bonds is 6. The van der Waals surface area contributed by atoms with Crippen LogP contribution in [-0.4, -0.2) is 25.5 Å². The number of aliphatic carboxylic acids is 1. The minimum absolute atomic E-state index is 0.0417. The molecule has 8 heteroatoms. The van der Waals surface area contributed by atoms with Crippen LogP contribution >= 0.6 is 11.3 Å². The van der Waals surface area contributed by atoms with Crippen LogP contribution in [-0.2, 0) is 14.8 Å². The summed E-state index contributed by atoms with van der Waals surface area (Å²) in [7, 11) is -3.75. The van der Waals surface area contributed by atoms with Crippen LogP contribution in [0, 0.1) is 17.2 Å². The van der Waals surface area contributed by atoms with Gasteiger partial charge in [-0.1, -0.05) is 0 Å². The SMILES string of the molecule is N#Cc1ccc(S(=O)(=O)NC(CC(=O)O)C2CC2)s1. The van der Waals surface area contributed by atoms with E-state index < -0.39 is 22.0 Å². The maximum absolute atomic E-state index is 12.1. The summed E-state index contributed by atoms with van der Waals surface area (Å²) in [6.45, 7) is 0. The number of carboxylic acid groups (broad SMARTS) is 1. The Bertz CT molecular complexity index is 625. The number of sulfonamides is 1. The first-order valence-corrected chi connectivity index (χ1v) is 7.96. The van der Waals surface area contributed by atoms with Crippen molar-refractivity contribution in [1.29, 1.82) is 5.26 Å². The zero-order chi connectivity index (χ0) is 14.0. The fourth-order valence-electron chi connectivity index (χ4n) is 1.77. The summed E-state index contributed by atoms with van der Waals surface area (Å²) >= 11 is 0.874. The lowest BCUT2D eigenvalue weighted by atomic mass is 10.1. The van der Waals surface area contributed by atoms with Gasteiger partial charge in [0.05, 0.1) is 6.42 Å². The number of nitriles is 1. The summed E-state index contributed by atoms with van der Waals surface area (Å²) in [5.74, 6) is -0.926. The third-order valence-electron chi connectivity index (χ3n) is 2.85. The van der Waals surface area contributed by atoms with Crippen molar-refractivity contribution in [3.05, 3.63) is 17.0 Å². The minimum atomic E-state index is -3.75. The van der Waals surface area contributed by atoms with Crippen LogP contribution in [0.2, 0.25) is 0 Å². The second-order valence-electron chi connectivity index (χ2n) is 4.39. The highest BCUT2D eigenvalue weighted by molar-refractivity contribution is 7.91. The molecule has 1 aromatic rings. The van der Waals surface area contributed by atoms with Gasteiger partial charge in [-0.05, 0) is 30.9 Å². The van der Waals surface area contributed by atoms with Crippen molar-refractivity contribution in [3.8, 4) is 6.07 Å². The maximum Gasteiger partial charge on any atom is 0.304 e. The average molecular weight is 300 g/mol. The number of thiophene rings is 1. The van der Waals surface area contributed by atoms with Gasteiger partial charge in [0.25, 0.3) is 0 Å². The molecule has 1 aliphatic rings. The van der Waals surface area contributed by atoms with Crippen molar-refractivity contribution < 1.29 is 18.3 Å². The topological polar surface area (TPSA) is 107 Å². The predicted octanol–water partition coefficient (Wildman–Crippen LogP) is 1.15. The summed E-state index contributed by atoms with van der Waals surface area (Å²) in [5.41, 5.74) is 0. The molecule has 19 heavy (non-hydrogen) atoms. The number of carbonyl (C=O) groups is 1. The van der Waals surface area contributed by atoms with Gasteiger partial charge in [-0.3, -0.25) is 4.79 Å². The number of hydrogen-bond donors (Lipinski definition) is 2. The molecule has 2 rings (SSSR count). The number of nitrogens with zero attached hydrogens (tertiary/aromatic N) is 1. The average Bonchev–Trinajstić information content (AvgIpc) is 3.04. The van der Waals surface area contributed by atoms with E-state index in [1.807, 2.05) is 6.07 Å². The van der Waals surface area contributed by atoms with Crippen molar-refractivity contribution in [2.45, 2.75) is 29.5 Å². The molecular formula is C11H12N2O4S2. The zero-order valence-corrected chi connectivity index (χ0v) is 11.5. The van der Waals surface area contributed by atoms with Gasteiger partial charge in [0.2, 0.25) is 10.0 Å². The Morgan fingerprint density at radius 2 is 2.26 bits per heavy atom. The summed E-state index contributed by atoms with van der Waals surface area (Å²) in [5, 5.41) is 17.5. The molecule has 0 aliphatic heterocycles. The fourth-order valence-corrected chi connectivity index (χ4v) is 4.20. The molecule has 1 unspecified atom stereocenters. The Hall–Kier alpha value is -1.43. The van der Waals surface area contributed by atoms with Gasteiger partial charge in [0.1, 0.15) is 15.2 Å². The molecule has 1 fully saturated rings. The normalized spacial score (nSPS) is 16.8. The van der Waals surface area contributed by atoms with Gasteiger partial charge in [0.15, 0.2) is 0 Å². The lowest BCUT2D eigenvalue weighted by Gasteiger charge is -2.15. The van der Waals surface area contributed by atoms with E-state index in [2.05, 4.69) is 4.72 Å². The smallest absolute Gasteiger partial charge is 0.304 e. The largest absolute Gasteiger partial charge is 0.481 e. The standard InChI is InChI=1S/C11H12N2O4S2/c12-6-8-3-4-11(18-8)19(16,17)13-9(5-10(14)15)7-1-2-7/h3-4,7,9,13H,1-2,5H2,(H,14,15). The van der Waals surface area contributed by atoms with E-state index in [1.165, 1.54) is 12.1 Å². The first kappa shape index (κ1) is 14.0. The second kappa shape index (κ2) is 5.28. The van der Waals surface area contributed by atoms with Crippen molar-refractivity contribution in [3.63, 3.8) is 0 Å². The highest BCUT2D eigenvalue weighted by Crippen LogP contribution is 2.35. The molecule has 0 radical (unpaired) electrons. The van der Waals surface area contributed by atoms with E-state index in [4.69, 9.17) is 10.4 Å². The zero-order valence-electron chi connectivity index (χ0n) is 9.87. The first-order valence-electron chi connectivity index (χ1n) is 5.66. The van der Waals surface area contributed by atoms with Gasteiger partial charge in [-0.15, -0.1) is 11.3 Å². The van der Waals surface area contributed by atoms with Crippen LogP contribution in [0.5, 0.6) is 0 Å². The Morgan fingerprint density at radius 1 is 1.58 bits per heavy atom. The summed E-state index contributed by atoms with van der Waals surface area (Å²) in [6, 6.07) is 4.09. The molecule has 0 saturated heterocycles. The second-order valence-corrected chi connectivity index (χ2v) is 7.42. The van der Waals surface area contributed by atoms with Crippen LogP contribution < -0.4 is 4.72 Å². The molecule has 102 valence electrons. The van der Waals surface area contributed by atoms with Crippen LogP contribution in [0.3, 0.4) is 0 Å². The van der Waals surface area contributed by atoms with E-state index in [0.29, 0.717) is 4.88 Å². The van der Waals surface area contributed by atoms with Crippen LogP contribution in [0.4, 0.5) is 0 Å². The summed E-state index contributed by atoms with van der Waals surface area (Å²) in [4.78, 5) is 11.0. The summed E-state index contributed by atoms with van der Waals surface area (Å²) in [6.07, 6.45) is 1.46. The van der Waals surface area contributed by atoms with Gasteiger partial charge in [-0.2, -0.15) is 5.26 Å². The molecule has 0 spiro atoms. The van der Waals surface area contributed by atoms with Crippen LogP contribution in [0.1, 0.15) is 24.1 Å². The number of carboxylic acids is 1. The Labute approximate surface area is 114 Å². The predicted molar refractivity (Wildman–Crippen MR) is 68.1 cm³/mol. The molecule has 0 bridgehead atoms. The lowest BCUT2D eigenvalue weighted by Crippen LogP contribution is -2.37. The maximum atomic E-state index is 12.1. The van der Waals surface area contributed by atoms with E-state index in [1.54, 1.807) is 0 Å². The quantitative estimate of drug-likeness (QED) is 0.819. The van der Waals surface area contributed by atoms with Gasteiger partial charge < -0.3 is 5.11 Å². The first-order chi connectivity index (χ1) is 8.92. The lowest BCUT2D eigenvalue weighted by molar-refractivity contribution is -0.137. The molecule has 1 aromatic heterocycles. The van der Waals surface area contributed by atoms with Crippen molar-refractivity contribution >= 4 is 27.3 Å². The highest BCUT2D eigenvalue weighted by atomic mass is 32.2. The van der Waals surface area contributed by atoms with E-state index in [9.17, 15) is 13.2 Å². The monoisotopic (exact) mass is 300 g/mol.